The Balaban J connectivity index is 1.45. The van der Waals surface area contributed by atoms with Crippen molar-refractivity contribution in [2.45, 2.75) is 39.3 Å². The highest BCUT2D eigenvalue weighted by atomic mass is 19.1. The van der Waals surface area contributed by atoms with Crippen LogP contribution in [0.2, 0.25) is 0 Å². The normalized spacial score (nSPS) is 17.2. The predicted octanol–water partition coefficient (Wildman–Crippen LogP) is 4.60. The summed E-state index contributed by atoms with van der Waals surface area (Å²) in [7, 11) is 0. The van der Waals surface area contributed by atoms with E-state index in [0.29, 0.717) is 18.2 Å². The molecule has 4 heterocycles. The van der Waals surface area contributed by atoms with Gasteiger partial charge in [-0.2, -0.15) is 4.98 Å². The van der Waals surface area contributed by atoms with Crippen LogP contribution in [0.15, 0.2) is 48.8 Å². The molecule has 0 radical (unpaired) electrons. The van der Waals surface area contributed by atoms with Gasteiger partial charge in [0.2, 0.25) is 11.8 Å². The minimum absolute atomic E-state index is 0.324. The summed E-state index contributed by atoms with van der Waals surface area (Å²) in [5, 5.41) is 0. The molecule has 2 aliphatic rings. The molecule has 0 bridgehead atoms. The number of piperidine rings is 1. The molecule has 0 N–H and O–H groups in total. The number of anilines is 1. The van der Waals surface area contributed by atoms with Crippen LogP contribution in [0.25, 0.3) is 0 Å². The molecule has 7 heteroatoms. The largest absolute Gasteiger partial charge is 0.438 e. The molecule has 166 valence electrons. The maximum absolute atomic E-state index is 13.8. The second kappa shape index (κ2) is 9.20. The molecule has 0 spiro atoms. The molecule has 2 aromatic heterocycles. The number of fused-ring (bicyclic) bond motifs is 1. The number of pyridine rings is 1. The van der Waals surface area contributed by atoms with Gasteiger partial charge < -0.3 is 9.64 Å². The zero-order chi connectivity index (χ0) is 21.9. The maximum Gasteiger partial charge on any atom is 0.228 e. The van der Waals surface area contributed by atoms with Gasteiger partial charge in [-0.3, -0.25) is 9.88 Å². The van der Waals surface area contributed by atoms with Crippen LogP contribution in [0.3, 0.4) is 0 Å². The molecule has 6 nitrogen and oxygen atoms in total. The van der Waals surface area contributed by atoms with Crippen LogP contribution in [0.5, 0.6) is 11.6 Å². The molecule has 0 aliphatic carbocycles. The van der Waals surface area contributed by atoms with E-state index in [0.717, 1.165) is 68.6 Å². The van der Waals surface area contributed by atoms with Crippen molar-refractivity contribution in [3.05, 3.63) is 71.4 Å². The number of hydrogen-bond acceptors (Lipinski definition) is 6. The number of benzene rings is 1. The standard InChI is InChI=1S/C25H28FN5O/c1-18-7-13-31(14-8-18)25-28-23-9-12-30(16-19-5-10-27-11-6-19)17-22(23)24(29-25)32-21-4-2-3-20(26)15-21/h2-6,10-11,15,18H,7-9,12-14,16-17H2,1H3. The van der Waals surface area contributed by atoms with E-state index in [1.54, 1.807) is 12.1 Å². The Labute approximate surface area is 188 Å². The SMILES string of the molecule is CC1CCN(c2nc3c(c(Oc4cccc(F)c4)n2)CN(Cc2ccncc2)CC3)CC1. The Bertz CT molecular complexity index is 1070. The van der Waals surface area contributed by atoms with Crippen LogP contribution >= 0.6 is 0 Å². The Morgan fingerprint density at radius 3 is 2.66 bits per heavy atom. The highest BCUT2D eigenvalue weighted by molar-refractivity contribution is 5.44. The maximum atomic E-state index is 13.8. The van der Waals surface area contributed by atoms with Gasteiger partial charge in [-0.1, -0.05) is 13.0 Å². The summed E-state index contributed by atoms with van der Waals surface area (Å²) >= 11 is 0. The lowest BCUT2D eigenvalue weighted by Gasteiger charge is -2.33. The molecular weight excluding hydrogens is 405 g/mol. The van der Waals surface area contributed by atoms with E-state index in [9.17, 15) is 4.39 Å². The van der Waals surface area contributed by atoms with E-state index in [4.69, 9.17) is 14.7 Å². The zero-order valence-electron chi connectivity index (χ0n) is 18.4. The summed E-state index contributed by atoms with van der Waals surface area (Å²) in [6.07, 6.45) is 6.75. The molecule has 1 fully saturated rings. The van der Waals surface area contributed by atoms with Crippen LogP contribution in [0.4, 0.5) is 10.3 Å². The van der Waals surface area contributed by atoms with Gasteiger partial charge in [0.15, 0.2) is 0 Å². The van der Waals surface area contributed by atoms with Gasteiger partial charge in [0, 0.05) is 57.6 Å². The van der Waals surface area contributed by atoms with Crippen molar-refractivity contribution in [1.82, 2.24) is 19.9 Å². The molecule has 0 amide bonds. The minimum Gasteiger partial charge on any atom is -0.438 e. The van der Waals surface area contributed by atoms with E-state index in [-0.39, 0.29) is 5.82 Å². The average molecular weight is 434 g/mol. The third-order valence-electron chi connectivity index (χ3n) is 6.32. The summed E-state index contributed by atoms with van der Waals surface area (Å²) in [6, 6.07) is 10.3. The van der Waals surface area contributed by atoms with Crippen molar-refractivity contribution in [1.29, 1.82) is 0 Å². The van der Waals surface area contributed by atoms with Gasteiger partial charge in [-0.15, -0.1) is 0 Å². The number of halogens is 1. The predicted molar refractivity (Wildman–Crippen MR) is 121 cm³/mol. The van der Waals surface area contributed by atoms with E-state index < -0.39 is 0 Å². The van der Waals surface area contributed by atoms with Gasteiger partial charge in [-0.25, -0.2) is 9.37 Å². The number of aromatic nitrogens is 3. The van der Waals surface area contributed by atoms with E-state index in [2.05, 4.69) is 21.7 Å². The average Bonchev–Trinajstić information content (AvgIpc) is 2.80. The molecule has 2 aliphatic heterocycles. The summed E-state index contributed by atoms with van der Waals surface area (Å²) in [5.41, 5.74) is 3.24. The lowest BCUT2D eigenvalue weighted by atomic mass is 9.99. The summed E-state index contributed by atoms with van der Waals surface area (Å²) in [5.74, 6) is 2.12. The lowest BCUT2D eigenvalue weighted by molar-refractivity contribution is 0.238. The first kappa shape index (κ1) is 20.8. The molecule has 5 rings (SSSR count). The number of rotatable bonds is 5. The van der Waals surface area contributed by atoms with Crippen LogP contribution in [-0.2, 0) is 19.5 Å². The number of nitrogens with zero attached hydrogens (tertiary/aromatic N) is 5. The number of ether oxygens (including phenoxy) is 1. The first-order valence-corrected chi connectivity index (χ1v) is 11.3. The zero-order valence-corrected chi connectivity index (χ0v) is 18.4. The fourth-order valence-corrected chi connectivity index (χ4v) is 4.39. The fourth-order valence-electron chi connectivity index (χ4n) is 4.39. The van der Waals surface area contributed by atoms with Crippen LogP contribution in [0.1, 0.15) is 36.6 Å². The van der Waals surface area contributed by atoms with Gasteiger partial charge in [0.05, 0.1) is 11.3 Å². The Kier molecular flexibility index (Phi) is 5.99. The van der Waals surface area contributed by atoms with Crippen molar-refractivity contribution in [3.63, 3.8) is 0 Å². The third-order valence-corrected chi connectivity index (χ3v) is 6.32. The smallest absolute Gasteiger partial charge is 0.228 e. The van der Waals surface area contributed by atoms with Gasteiger partial charge in [0.25, 0.3) is 0 Å². The van der Waals surface area contributed by atoms with Crippen LogP contribution in [0, 0.1) is 11.7 Å². The fraction of sp³-hybridized carbons (Fsp3) is 0.400. The third kappa shape index (κ3) is 4.72. The van der Waals surface area contributed by atoms with Crippen LogP contribution in [-0.4, -0.2) is 39.5 Å². The van der Waals surface area contributed by atoms with Crippen molar-refractivity contribution in [2.24, 2.45) is 5.92 Å². The second-order valence-electron chi connectivity index (χ2n) is 8.80. The summed E-state index contributed by atoms with van der Waals surface area (Å²) < 4.78 is 19.9. The molecule has 3 aromatic rings. The minimum atomic E-state index is -0.324. The molecule has 0 saturated carbocycles. The van der Waals surface area contributed by atoms with E-state index in [1.807, 2.05) is 24.5 Å². The Morgan fingerprint density at radius 1 is 1.06 bits per heavy atom. The van der Waals surface area contributed by atoms with Crippen molar-refractivity contribution < 1.29 is 9.13 Å². The highest BCUT2D eigenvalue weighted by Crippen LogP contribution is 2.33. The molecule has 0 atom stereocenters. The van der Waals surface area contributed by atoms with E-state index >= 15 is 0 Å². The molecular formula is C25H28FN5O. The molecule has 1 saturated heterocycles. The second-order valence-corrected chi connectivity index (χ2v) is 8.80. The lowest BCUT2D eigenvalue weighted by Crippen LogP contribution is -2.36. The van der Waals surface area contributed by atoms with Gasteiger partial charge >= 0.3 is 0 Å². The van der Waals surface area contributed by atoms with Crippen molar-refractivity contribution >= 4 is 5.95 Å². The first-order valence-electron chi connectivity index (χ1n) is 11.3. The topological polar surface area (TPSA) is 54.4 Å². The summed E-state index contributed by atoms with van der Waals surface area (Å²) in [4.78, 5) is 18.5. The summed E-state index contributed by atoms with van der Waals surface area (Å²) in [6.45, 7) is 6.64. The first-order chi connectivity index (χ1) is 15.6. The Morgan fingerprint density at radius 2 is 1.88 bits per heavy atom. The quantitative estimate of drug-likeness (QED) is 0.586. The Hall–Kier alpha value is -3.06. The number of hydrogen-bond donors (Lipinski definition) is 0. The van der Waals surface area contributed by atoms with Crippen LogP contribution < -0.4 is 9.64 Å². The van der Waals surface area contributed by atoms with Gasteiger partial charge in [-0.05, 0) is 48.6 Å². The molecule has 32 heavy (non-hydrogen) atoms. The van der Waals surface area contributed by atoms with Crippen molar-refractivity contribution in [2.75, 3.05) is 24.5 Å². The monoisotopic (exact) mass is 433 g/mol. The highest BCUT2D eigenvalue weighted by Gasteiger charge is 2.27. The molecule has 0 unspecified atom stereocenters. The van der Waals surface area contributed by atoms with Crippen molar-refractivity contribution in [3.8, 4) is 11.6 Å². The van der Waals surface area contributed by atoms with Gasteiger partial charge in [0.1, 0.15) is 11.6 Å². The molecule has 1 aromatic carbocycles. The van der Waals surface area contributed by atoms with E-state index in [1.165, 1.54) is 17.7 Å².